The van der Waals surface area contributed by atoms with E-state index in [0.29, 0.717) is 28.7 Å². The summed E-state index contributed by atoms with van der Waals surface area (Å²) < 4.78 is 34.4. The van der Waals surface area contributed by atoms with Gasteiger partial charge in [-0.3, -0.25) is 10.2 Å². The maximum atomic E-state index is 12.3. The lowest BCUT2D eigenvalue weighted by Crippen LogP contribution is -2.08. The number of hydrogen-bond donors (Lipinski definition) is 1. The Balaban J connectivity index is 1.93. The average molecular weight is 369 g/mol. The van der Waals surface area contributed by atoms with Crippen molar-refractivity contribution in [2.45, 2.75) is 19.8 Å². The second-order valence-corrected chi connectivity index (χ2v) is 5.59. The van der Waals surface area contributed by atoms with Crippen LogP contribution in [-0.2, 0) is 16.0 Å². The number of para-hydroxylation sites is 1. The minimum atomic E-state index is -2.55. The zero-order valence-electron chi connectivity index (χ0n) is 13.4. The maximum absolute atomic E-state index is 12.3. The highest BCUT2D eigenvalue weighted by Gasteiger charge is 2.08. The van der Waals surface area contributed by atoms with Crippen molar-refractivity contribution in [1.82, 2.24) is 4.98 Å². The number of benzene rings is 1. The van der Waals surface area contributed by atoms with E-state index >= 15 is 0 Å². The van der Waals surface area contributed by atoms with Crippen LogP contribution in [0.2, 0.25) is 0 Å². The maximum Gasteiger partial charge on any atom is 0.311 e. The summed E-state index contributed by atoms with van der Waals surface area (Å²) in [6.07, 6.45) is -0.996. The molecule has 0 aliphatic rings. The fourth-order valence-electron chi connectivity index (χ4n) is 1.83. The molecule has 1 heterocycles. The molecule has 1 N–H and O–H groups in total. The van der Waals surface area contributed by atoms with Crippen LogP contribution in [0.25, 0.3) is 0 Å². The number of carbonyl (C=O) groups excluding carboxylic acids is 1. The second-order valence-electron chi connectivity index (χ2n) is 4.74. The first-order valence-electron chi connectivity index (χ1n) is 7.47. The van der Waals surface area contributed by atoms with Crippen LogP contribution in [0.3, 0.4) is 0 Å². The predicted molar refractivity (Wildman–Crippen MR) is 91.6 cm³/mol. The van der Waals surface area contributed by atoms with Crippen molar-refractivity contribution in [2.75, 3.05) is 18.6 Å². The van der Waals surface area contributed by atoms with E-state index in [9.17, 15) is 13.6 Å². The average Bonchev–Trinajstić information content (AvgIpc) is 3.01. The molecule has 0 unspecified atom stereocenters. The number of nitrogens with zero attached hydrogens (tertiary/aromatic N) is 2. The van der Waals surface area contributed by atoms with Crippen LogP contribution in [-0.4, -0.2) is 36.8 Å². The van der Waals surface area contributed by atoms with Gasteiger partial charge in [-0.15, -0.1) is 11.3 Å². The molecule has 0 fully saturated rings. The first kappa shape index (κ1) is 18.8. The van der Waals surface area contributed by atoms with E-state index in [4.69, 9.17) is 9.47 Å². The summed E-state index contributed by atoms with van der Waals surface area (Å²) in [6, 6.07) is 6.72. The summed E-state index contributed by atoms with van der Waals surface area (Å²) in [5.74, 6) is -0.0246. The third kappa shape index (κ3) is 6.46. The number of halogens is 2. The molecule has 0 bridgehead atoms. The molecule has 0 saturated heterocycles. The number of hydrazone groups is 1. The monoisotopic (exact) mass is 369 g/mol. The molecule has 134 valence electrons. The SMILES string of the molecule is CCOC(=O)Cc1csc(NN=Cc2ccccc2OCC(F)F)n1. The Bertz CT molecular complexity index is 722. The van der Waals surface area contributed by atoms with Crippen LogP contribution in [0.4, 0.5) is 13.9 Å². The zero-order valence-corrected chi connectivity index (χ0v) is 14.3. The third-order valence-corrected chi connectivity index (χ3v) is 3.63. The summed E-state index contributed by atoms with van der Waals surface area (Å²) in [4.78, 5) is 15.6. The lowest BCUT2D eigenvalue weighted by molar-refractivity contribution is -0.142. The van der Waals surface area contributed by atoms with E-state index in [1.54, 1.807) is 36.6 Å². The quantitative estimate of drug-likeness (QED) is 0.417. The van der Waals surface area contributed by atoms with Crippen molar-refractivity contribution in [2.24, 2.45) is 5.10 Å². The number of thiazole rings is 1. The molecular formula is C16H17F2N3O3S. The van der Waals surface area contributed by atoms with Crippen molar-refractivity contribution in [1.29, 1.82) is 0 Å². The number of rotatable bonds is 9. The van der Waals surface area contributed by atoms with Gasteiger partial charge in [0.2, 0.25) is 5.13 Å². The minimum Gasteiger partial charge on any atom is -0.487 e. The molecule has 0 aliphatic heterocycles. The van der Waals surface area contributed by atoms with Crippen LogP contribution in [0, 0.1) is 0 Å². The van der Waals surface area contributed by atoms with Crippen molar-refractivity contribution >= 4 is 28.7 Å². The summed E-state index contributed by atoms with van der Waals surface area (Å²) in [5, 5.41) is 6.25. The molecule has 0 radical (unpaired) electrons. The van der Waals surface area contributed by atoms with Gasteiger partial charge >= 0.3 is 5.97 Å². The van der Waals surface area contributed by atoms with Crippen LogP contribution in [0.1, 0.15) is 18.2 Å². The molecular weight excluding hydrogens is 352 g/mol. The van der Waals surface area contributed by atoms with Crippen LogP contribution in [0.15, 0.2) is 34.7 Å². The van der Waals surface area contributed by atoms with Gasteiger partial charge in [0.1, 0.15) is 12.4 Å². The van der Waals surface area contributed by atoms with Gasteiger partial charge in [-0.25, -0.2) is 13.8 Å². The van der Waals surface area contributed by atoms with Gasteiger partial charge in [-0.2, -0.15) is 5.10 Å². The topological polar surface area (TPSA) is 72.8 Å². The Morgan fingerprint density at radius 2 is 2.24 bits per heavy atom. The molecule has 25 heavy (non-hydrogen) atoms. The number of esters is 1. The third-order valence-electron chi connectivity index (χ3n) is 2.83. The van der Waals surface area contributed by atoms with Crippen LogP contribution < -0.4 is 10.2 Å². The smallest absolute Gasteiger partial charge is 0.311 e. The van der Waals surface area contributed by atoms with Gasteiger partial charge in [0.15, 0.2) is 0 Å². The Morgan fingerprint density at radius 3 is 3.00 bits per heavy atom. The summed E-state index contributed by atoms with van der Waals surface area (Å²) in [5.41, 5.74) is 3.87. The fraction of sp³-hybridized carbons (Fsp3) is 0.312. The summed E-state index contributed by atoms with van der Waals surface area (Å²) in [7, 11) is 0. The number of carbonyl (C=O) groups is 1. The second kappa shape index (κ2) is 9.67. The molecule has 0 atom stereocenters. The minimum absolute atomic E-state index is 0.0973. The van der Waals surface area contributed by atoms with Crippen LogP contribution in [0.5, 0.6) is 5.75 Å². The largest absolute Gasteiger partial charge is 0.487 e. The lowest BCUT2D eigenvalue weighted by Gasteiger charge is -2.07. The number of aromatic nitrogens is 1. The standard InChI is InChI=1S/C16H17F2N3O3S/c1-2-23-15(22)7-12-10-25-16(20-12)21-19-8-11-5-3-4-6-13(11)24-9-14(17)18/h3-6,8,10,14H,2,7,9H2,1H3,(H,20,21). The van der Waals surface area contributed by atoms with Gasteiger partial charge in [0, 0.05) is 10.9 Å². The number of hydrogen-bond acceptors (Lipinski definition) is 7. The lowest BCUT2D eigenvalue weighted by atomic mass is 10.2. The van der Waals surface area contributed by atoms with E-state index in [-0.39, 0.29) is 12.4 Å². The van der Waals surface area contributed by atoms with E-state index < -0.39 is 13.0 Å². The highest BCUT2D eigenvalue weighted by molar-refractivity contribution is 7.13. The summed E-state index contributed by atoms with van der Waals surface area (Å²) in [6.45, 7) is 1.39. The van der Waals surface area contributed by atoms with Gasteiger partial charge in [0.25, 0.3) is 6.43 Å². The number of anilines is 1. The molecule has 0 spiro atoms. The molecule has 9 heteroatoms. The van der Waals surface area contributed by atoms with Gasteiger partial charge in [-0.1, -0.05) is 12.1 Å². The van der Waals surface area contributed by atoms with E-state index in [0.717, 1.165) is 0 Å². The van der Waals surface area contributed by atoms with Gasteiger partial charge in [-0.05, 0) is 19.1 Å². The first-order valence-corrected chi connectivity index (χ1v) is 8.35. The molecule has 2 rings (SSSR count). The van der Waals surface area contributed by atoms with E-state index in [1.165, 1.54) is 17.6 Å². The Kier molecular flexibility index (Phi) is 7.27. The Labute approximate surface area is 147 Å². The Hall–Kier alpha value is -2.55. The number of alkyl halides is 2. The van der Waals surface area contributed by atoms with Gasteiger partial charge < -0.3 is 9.47 Å². The number of nitrogens with one attached hydrogen (secondary N) is 1. The van der Waals surface area contributed by atoms with Crippen molar-refractivity contribution in [3.8, 4) is 5.75 Å². The highest BCUT2D eigenvalue weighted by Crippen LogP contribution is 2.18. The Morgan fingerprint density at radius 1 is 1.44 bits per heavy atom. The van der Waals surface area contributed by atoms with Crippen molar-refractivity contribution in [3.05, 3.63) is 40.9 Å². The molecule has 1 aromatic heterocycles. The predicted octanol–water partition coefficient (Wildman–Crippen LogP) is 3.34. The van der Waals surface area contributed by atoms with Gasteiger partial charge in [0.05, 0.1) is 24.9 Å². The molecule has 2 aromatic rings. The molecule has 0 aliphatic carbocycles. The highest BCUT2D eigenvalue weighted by atomic mass is 32.1. The molecule has 6 nitrogen and oxygen atoms in total. The van der Waals surface area contributed by atoms with E-state index in [1.807, 2.05) is 0 Å². The van der Waals surface area contributed by atoms with Crippen molar-refractivity contribution in [3.63, 3.8) is 0 Å². The first-order chi connectivity index (χ1) is 12.1. The molecule has 0 saturated carbocycles. The molecule has 0 amide bonds. The van der Waals surface area contributed by atoms with Crippen molar-refractivity contribution < 1.29 is 23.0 Å². The van der Waals surface area contributed by atoms with Crippen LogP contribution >= 0.6 is 11.3 Å². The summed E-state index contributed by atoms with van der Waals surface area (Å²) >= 11 is 1.29. The normalized spacial score (nSPS) is 11.0. The van der Waals surface area contributed by atoms with E-state index in [2.05, 4.69) is 15.5 Å². The fourth-order valence-corrected chi connectivity index (χ4v) is 2.49. The zero-order chi connectivity index (χ0) is 18.1. The molecule has 1 aromatic carbocycles. The number of ether oxygens (including phenoxy) is 2.